The van der Waals surface area contributed by atoms with E-state index in [1.807, 2.05) is 17.3 Å². The van der Waals surface area contributed by atoms with Crippen LogP contribution >= 0.6 is 11.3 Å². The van der Waals surface area contributed by atoms with Crippen LogP contribution in [0.25, 0.3) is 0 Å². The van der Waals surface area contributed by atoms with Crippen LogP contribution in [0, 0.1) is 0 Å². The molecule has 0 unspecified atom stereocenters. The van der Waals surface area contributed by atoms with Gasteiger partial charge in [0.25, 0.3) is 5.91 Å². The zero-order valence-corrected chi connectivity index (χ0v) is 12.4. The van der Waals surface area contributed by atoms with Gasteiger partial charge in [0.2, 0.25) is 0 Å². The number of carbonyl (C=O) groups is 1. The fraction of sp³-hybridized carbons (Fsp3) is 0.714. The molecule has 2 rings (SSSR count). The van der Waals surface area contributed by atoms with E-state index in [0.29, 0.717) is 18.3 Å². The van der Waals surface area contributed by atoms with Gasteiger partial charge in [0.1, 0.15) is 10.7 Å². The minimum atomic E-state index is 0.0431. The van der Waals surface area contributed by atoms with Gasteiger partial charge in [-0.3, -0.25) is 4.79 Å². The lowest BCUT2D eigenvalue weighted by molar-refractivity contribution is 0.0701. The molecule has 2 N–H and O–H groups in total. The molecule has 19 heavy (non-hydrogen) atoms. The fourth-order valence-corrected chi connectivity index (χ4v) is 3.32. The molecule has 0 aliphatic heterocycles. The Kier molecular flexibility index (Phi) is 5.34. The predicted molar refractivity (Wildman–Crippen MR) is 78.2 cm³/mol. The molecule has 1 aliphatic carbocycles. The Morgan fingerprint density at radius 2 is 2.00 bits per heavy atom. The van der Waals surface area contributed by atoms with Crippen LogP contribution in [0.5, 0.6) is 0 Å². The fourth-order valence-electron chi connectivity index (χ4n) is 2.67. The summed E-state index contributed by atoms with van der Waals surface area (Å²) in [5.74, 6) is 0.0431. The topological polar surface area (TPSA) is 59.2 Å². The lowest BCUT2D eigenvalue weighted by Crippen LogP contribution is -2.37. The second-order valence-corrected chi connectivity index (χ2v) is 6.19. The largest absolute Gasteiger partial charge is 0.337 e. The first-order chi connectivity index (χ1) is 9.22. The van der Waals surface area contributed by atoms with Crippen LogP contribution in [-0.2, 0) is 6.54 Å². The number of amides is 1. The summed E-state index contributed by atoms with van der Waals surface area (Å²) in [5, 5.41) is 2.65. The van der Waals surface area contributed by atoms with E-state index in [1.54, 1.807) is 0 Å². The number of nitrogens with two attached hydrogens (primary N) is 1. The van der Waals surface area contributed by atoms with Crippen LogP contribution < -0.4 is 5.73 Å². The average Bonchev–Trinajstić information content (AvgIpc) is 2.85. The first kappa shape index (κ1) is 14.5. The standard InChI is InChI=1S/C14H23N3OS/c1-17(11-7-5-3-2-4-6-8-11)14(18)12-10-19-13(9-15)16-12/h10-11H,2-9,15H2,1H3. The van der Waals surface area contributed by atoms with Crippen molar-refractivity contribution in [2.24, 2.45) is 5.73 Å². The minimum Gasteiger partial charge on any atom is -0.337 e. The van der Waals surface area contributed by atoms with E-state index < -0.39 is 0 Å². The maximum Gasteiger partial charge on any atom is 0.273 e. The summed E-state index contributed by atoms with van der Waals surface area (Å²) in [4.78, 5) is 18.6. The van der Waals surface area contributed by atoms with E-state index in [-0.39, 0.29) is 5.91 Å². The molecule has 0 bridgehead atoms. The maximum atomic E-state index is 12.4. The van der Waals surface area contributed by atoms with Gasteiger partial charge in [-0.25, -0.2) is 4.98 Å². The number of hydrogen-bond donors (Lipinski definition) is 1. The highest BCUT2D eigenvalue weighted by Gasteiger charge is 2.23. The second kappa shape index (κ2) is 7.01. The van der Waals surface area contributed by atoms with Crippen LogP contribution in [0.15, 0.2) is 5.38 Å². The Hall–Kier alpha value is -0.940. The highest BCUT2D eigenvalue weighted by atomic mass is 32.1. The summed E-state index contributed by atoms with van der Waals surface area (Å²) in [6.07, 6.45) is 8.64. The van der Waals surface area contributed by atoms with Gasteiger partial charge >= 0.3 is 0 Å². The summed E-state index contributed by atoms with van der Waals surface area (Å²) in [7, 11) is 1.91. The van der Waals surface area contributed by atoms with Gasteiger partial charge in [-0.15, -0.1) is 11.3 Å². The van der Waals surface area contributed by atoms with Crippen molar-refractivity contribution >= 4 is 17.2 Å². The Bertz CT molecular complexity index is 411. The summed E-state index contributed by atoms with van der Waals surface area (Å²) in [6.45, 7) is 0.408. The Morgan fingerprint density at radius 1 is 1.37 bits per heavy atom. The van der Waals surface area contributed by atoms with Crippen LogP contribution in [0.2, 0.25) is 0 Å². The SMILES string of the molecule is CN(C(=O)c1csc(CN)n1)C1CCCCCCC1. The molecule has 1 aromatic rings. The highest BCUT2D eigenvalue weighted by molar-refractivity contribution is 7.09. The van der Waals surface area contributed by atoms with Crippen molar-refractivity contribution in [3.8, 4) is 0 Å². The number of nitrogens with zero attached hydrogens (tertiary/aromatic N) is 2. The number of rotatable bonds is 3. The van der Waals surface area contributed by atoms with Crippen molar-refractivity contribution in [2.75, 3.05) is 7.05 Å². The van der Waals surface area contributed by atoms with Gasteiger partial charge in [-0.05, 0) is 12.8 Å². The molecule has 106 valence electrons. The average molecular weight is 281 g/mol. The molecule has 1 saturated carbocycles. The zero-order valence-electron chi connectivity index (χ0n) is 11.6. The molecule has 1 amide bonds. The summed E-state index contributed by atoms with van der Waals surface area (Å²) < 4.78 is 0. The van der Waals surface area contributed by atoms with Gasteiger partial charge in [-0.2, -0.15) is 0 Å². The summed E-state index contributed by atoms with van der Waals surface area (Å²) in [6, 6.07) is 0.371. The molecule has 0 spiro atoms. The Morgan fingerprint density at radius 3 is 2.58 bits per heavy atom. The normalized spacial score (nSPS) is 17.8. The molecule has 0 saturated heterocycles. The molecule has 5 heteroatoms. The van der Waals surface area contributed by atoms with E-state index in [1.165, 1.54) is 43.4 Å². The third-order valence-electron chi connectivity index (χ3n) is 3.89. The lowest BCUT2D eigenvalue weighted by atomic mass is 9.96. The Balaban J connectivity index is 2.00. The number of aromatic nitrogens is 1. The van der Waals surface area contributed by atoms with E-state index in [4.69, 9.17) is 5.73 Å². The van der Waals surface area contributed by atoms with Crippen LogP contribution in [0.1, 0.15) is 60.4 Å². The third kappa shape index (κ3) is 3.76. The number of carbonyl (C=O) groups excluding carboxylic acids is 1. The van der Waals surface area contributed by atoms with Crippen LogP contribution in [0.3, 0.4) is 0 Å². The molecule has 1 aromatic heterocycles. The molecule has 0 aromatic carbocycles. The van der Waals surface area contributed by atoms with E-state index in [0.717, 1.165) is 17.8 Å². The quantitative estimate of drug-likeness (QED) is 0.926. The van der Waals surface area contributed by atoms with E-state index >= 15 is 0 Å². The van der Waals surface area contributed by atoms with Crippen LogP contribution in [-0.4, -0.2) is 28.9 Å². The van der Waals surface area contributed by atoms with Crippen molar-refractivity contribution in [3.05, 3.63) is 16.1 Å². The molecule has 1 fully saturated rings. The van der Waals surface area contributed by atoms with Gasteiger partial charge in [0.15, 0.2) is 0 Å². The third-order valence-corrected chi connectivity index (χ3v) is 4.76. The number of thiazole rings is 1. The van der Waals surface area contributed by atoms with Crippen molar-refractivity contribution in [2.45, 2.75) is 57.5 Å². The monoisotopic (exact) mass is 281 g/mol. The van der Waals surface area contributed by atoms with Crippen LogP contribution in [0.4, 0.5) is 0 Å². The predicted octanol–water partition coefficient (Wildman–Crippen LogP) is 2.79. The summed E-state index contributed by atoms with van der Waals surface area (Å²) in [5.41, 5.74) is 6.09. The molecule has 0 atom stereocenters. The van der Waals surface area contributed by atoms with E-state index in [9.17, 15) is 4.79 Å². The van der Waals surface area contributed by atoms with Gasteiger partial charge in [-0.1, -0.05) is 32.1 Å². The highest BCUT2D eigenvalue weighted by Crippen LogP contribution is 2.22. The van der Waals surface area contributed by atoms with Crippen molar-refractivity contribution in [1.29, 1.82) is 0 Å². The lowest BCUT2D eigenvalue weighted by Gasteiger charge is -2.29. The van der Waals surface area contributed by atoms with E-state index in [2.05, 4.69) is 4.98 Å². The molecule has 1 heterocycles. The number of hydrogen-bond acceptors (Lipinski definition) is 4. The molecule has 1 aliphatic rings. The summed E-state index contributed by atoms with van der Waals surface area (Å²) >= 11 is 1.47. The maximum absolute atomic E-state index is 12.4. The van der Waals surface area contributed by atoms with Gasteiger partial charge < -0.3 is 10.6 Å². The Labute approximate surface area is 119 Å². The van der Waals surface area contributed by atoms with Gasteiger partial charge in [0.05, 0.1) is 0 Å². The second-order valence-electron chi connectivity index (χ2n) is 5.25. The molecule has 4 nitrogen and oxygen atoms in total. The van der Waals surface area contributed by atoms with Crippen molar-refractivity contribution < 1.29 is 4.79 Å². The first-order valence-electron chi connectivity index (χ1n) is 7.14. The van der Waals surface area contributed by atoms with Crippen molar-refractivity contribution in [1.82, 2.24) is 9.88 Å². The smallest absolute Gasteiger partial charge is 0.273 e. The minimum absolute atomic E-state index is 0.0431. The molecule has 0 radical (unpaired) electrons. The molecular weight excluding hydrogens is 258 g/mol. The van der Waals surface area contributed by atoms with Gasteiger partial charge in [0, 0.05) is 25.0 Å². The zero-order chi connectivity index (χ0) is 13.7. The first-order valence-corrected chi connectivity index (χ1v) is 8.02. The van der Waals surface area contributed by atoms with Crippen molar-refractivity contribution in [3.63, 3.8) is 0 Å². The molecular formula is C14H23N3OS.